The van der Waals surface area contributed by atoms with Crippen LogP contribution in [-0.2, 0) is 30.5 Å². The summed E-state index contributed by atoms with van der Waals surface area (Å²) in [5.74, 6) is 0.681. The number of non-ortho nitro benzene ring substituents is 1. The molecular formula is C23H25F3N6O4. The Morgan fingerprint density at radius 2 is 1.92 bits per heavy atom. The number of nitro groups is 1. The van der Waals surface area contributed by atoms with Gasteiger partial charge in [0.05, 0.1) is 35.5 Å². The van der Waals surface area contributed by atoms with Crippen molar-refractivity contribution in [3.05, 3.63) is 62.1 Å². The molecule has 4 rings (SSSR count). The summed E-state index contributed by atoms with van der Waals surface area (Å²) in [7, 11) is 0. The molecule has 0 bridgehead atoms. The second kappa shape index (κ2) is 8.64. The summed E-state index contributed by atoms with van der Waals surface area (Å²) in [6.07, 6.45) is -3.63. The van der Waals surface area contributed by atoms with Gasteiger partial charge in [0.2, 0.25) is 5.78 Å². The molecule has 0 saturated carbocycles. The summed E-state index contributed by atoms with van der Waals surface area (Å²) in [4.78, 5) is 33.4. The average molecular weight is 506 g/mol. The molecule has 0 unspecified atom stereocenters. The Kier molecular flexibility index (Phi) is 6.05. The molecule has 3 aromatic rings. The van der Waals surface area contributed by atoms with Gasteiger partial charge in [-0.05, 0) is 45.7 Å². The normalized spacial score (nSPS) is 13.7. The molecule has 13 heteroatoms. The first-order valence-electron chi connectivity index (χ1n) is 11.1. The number of aryl methyl sites for hydroxylation is 1. The number of nitrogens with zero attached hydrogens (tertiary/aromatic N) is 5. The van der Waals surface area contributed by atoms with Gasteiger partial charge in [-0.25, -0.2) is 9.78 Å². The van der Waals surface area contributed by atoms with E-state index in [4.69, 9.17) is 4.74 Å². The third-order valence-corrected chi connectivity index (χ3v) is 5.84. The zero-order valence-electron chi connectivity index (χ0n) is 20.4. The van der Waals surface area contributed by atoms with Gasteiger partial charge in [-0.2, -0.15) is 18.2 Å². The van der Waals surface area contributed by atoms with E-state index in [1.54, 1.807) is 27.0 Å². The first kappa shape index (κ1) is 25.2. The van der Waals surface area contributed by atoms with E-state index in [1.807, 2.05) is 11.3 Å². The predicted molar refractivity (Wildman–Crippen MR) is 123 cm³/mol. The van der Waals surface area contributed by atoms with Crippen LogP contribution >= 0.6 is 0 Å². The highest BCUT2D eigenvalue weighted by atomic mass is 19.4. The molecule has 36 heavy (non-hydrogen) atoms. The molecule has 192 valence electrons. The van der Waals surface area contributed by atoms with E-state index in [0.29, 0.717) is 23.2 Å². The molecule has 1 aromatic carbocycles. The number of amides is 1. The number of alkyl halides is 3. The van der Waals surface area contributed by atoms with Gasteiger partial charge in [0.15, 0.2) is 0 Å². The van der Waals surface area contributed by atoms with Crippen LogP contribution in [0.1, 0.15) is 54.4 Å². The Balaban J connectivity index is 1.71. The zero-order chi connectivity index (χ0) is 26.6. The van der Waals surface area contributed by atoms with Crippen LogP contribution in [0.15, 0.2) is 18.3 Å². The maximum atomic E-state index is 13.5. The Bertz CT molecular complexity index is 1380. The molecule has 0 spiro atoms. The maximum absolute atomic E-state index is 13.5. The SMILES string of the molecule is Cc1c(CNc2nc3ncc(C)n3c3c2CN(C(=O)OC(C)(C)C)C3)cc([N+](=O)[O-])cc1C(F)(F)F. The topological polar surface area (TPSA) is 115 Å². The van der Waals surface area contributed by atoms with Gasteiger partial charge in [-0.3, -0.25) is 19.4 Å². The number of anilines is 1. The molecule has 3 heterocycles. The molecule has 1 aliphatic heterocycles. The lowest BCUT2D eigenvalue weighted by atomic mass is 10.0. The molecule has 2 aromatic heterocycles. The number of carbonyl (C=O) groups excluding carboxylic acids is 1. The number of fused-ring (bicyclic) bond motifs is 3. The van der Waals surface area contributed by atoms with Crippen molar-refractivity contribution in [2.24, 2.45) is 0 Å². The van der Waals surface area contributed by atoms with Crippen molar-refractivity contribution in [3.8, 4) is 0 Å². The molecule has 0 aliphatic carbocycles. The lowest BCUT2D eigenvalue weighted by Gasteiger charge is -2.24. The molecule has 1 aliphatic rings. The molecule has 0 fully saturated rings. The number of hydrogen-bond acceptors (Lipinski definition) is 7. The van der Waals surface area contributed by atoms with Crippen LogP contribution in [-0.4, -0.2) is 35.9 Å². The summed E-state index contributed by atoms with van der Waals surface area (Å²) in [6.45, 7) is 8.63. The van der Waals surface area contributed by atoms with E-state index in [-0.39, 0.29) is 30.8 Å². The van der Waals surface area contributed by atoms with Crippen molar-refractivity contribution in [3.63, 3.8) is 0 Å². The van der Waals surface area contributed by atoms with E-state index in [1.165, 1.54) is 11.8 Å². The zero-order valence-corrected chi connectivity index (χ0v) is 20.4. The molecule has 0 radical (unpaired) electrons. The van der Waals surface area contributed by atoms with Crippen molar-refractivity contribution >= 4 is 23.4 Å². The van der Waals surface area contributed by atoms with Gasteiger partial charge in [0.1, 0.15) is 11.4 Å². The average Bonchev–Trinajstić information content (AvgIpc) is 3.34. The Labute approximate surface area is 204 Å². The first-order chi connectivity index (χ1) is 16.7. The molecular weight excluding hydrogens is 481 g/mol. The number of rotatable bonds is 4. The van der Waals surface area contributed by atoms with Crippen molar-refractivity contribution in [2.75, 3.05) is 5.32 Å². The number of carbonyl (C=O) groups is 1. The minimum absolute atomic E-state index is 0.105. The molecule has 10 nitrogen and oxygen atoms in total. The van der Waals surface area contributed by atoms with Gasteiger partial charge in [0, 0.05) is 29.9 Å². The van der Waals surface area contributed by atoms with Gasteiger partial charge < -0.3 is 10.1 Å². The van der Waals surface area contributed by atoms with Crippen LogP contribution < -0.4 is 5.32 Å². The predicted octanol–water partition coefficient (Wildman–Crippen LogP) is 5.14. The van der Waals surface area contributed by atoms with E-state index in [2.05, 4.69) is 15.3 Å². The third-order valence-electron chi connectivity index (χ3n) is 5.84. The Hall–Kier alpha value is -3.90. The number of benzene rings is 1. The number of nitro benzene ring substituents is 1. The summed E-state index contributed by atoms with van der Waals surface area (Å²) in [6, 6.07) is 1.65. The summed E-state index contributed by atoms with van der Waals surface area (Å²) < 4.78 is 47.8. The fraction of sp³-hybridized carbons (Fsp3) is 0.435. The molecule has 0 atom stereocenters. The van der Waals surface area contributed by atoms with E-state index < -0.39 is 34.0 Å². The molecule has 1 N–H and O–H groups in total. The van der Waals surface area contributed by atoms with E-state index in [9.17, 15) is 28.1 Å². The van der Waals surface area contributed by atoms with Crippen LogP contribution in [0.2, 0.25) is 0 Å². The number of hydrogen-bond donors (Lipinski definition) is 1. The van der Waals surface area contributed by atoms with Crippen LogP contribution in [0.4, 0.5) is 29.5 Å². The van der Waals surface area contributed by atoms with Crippen LogP contribution in [0.25, 0.3) is 5.78 Å². The minimum Gasteiger partial charge on any atom is -0.444 e. The van der Waals surface area contributed by atoms with Gasteiger partial charge in [-0.1, -0.05) is 0 Å². The van der Waals surface area contributed by atoms with Crippen molar-refractivity contribution in [2.45, 2.75) is 66.0 Å². The van der Waals surface area contributed by atoms with Gasteiger partial charge in [-0.15, -0.1) is 0 Å². The second-order valence-corrected chi connectivity index (χ2v) is 9.64. The van der Waals surface area contributed by atoms with Crippen LogP contribution in [0.3, 0.4) is 0 Å². The largest absolute Gasteiger partial charge is 0.444 e. The second-order valence-electron chi connectivity index (χ2n) is 9.64. The van der Waals surface area contributed by atoms with Gasteiger partial charge in [0.25, 0.3) is 5.69 Å². The number of aromatic nitrogens is 3. The minimum atomic E-state index is -4.75. The number of ether oxygens (including phenoxy) is 1. The highest BCUT2D eigenvalue weighted by Gasteiger charge is 2.36. The quantitative estimate of drug-likeness (QED) is 0.385. The standard InChI is InChI=1S/C23H25F3N6O4/c1-12-8-28-20-29-19(16-10-30(11-18(16)31(12)20)21(33)36-22(3,4)5)27-9-14-6-15(32(34)35)7-17(13(14)2)23(24,25)26/h6-8H,9-11H2,1-5H3,(H,27,28,29). The fourth-order valence-electron chi connectivity index (χ4n) is 4.16. The monoisotopic (exact) mass is 506 g/mol. The highest BCUT2D eigenvalue weighted by Crippen LogP contribution is 2.37. The number of imidazole rings is 1. The lowest BCUT2D eigenvalue weighted by molar-refractivity contribution is -0.385. The summed E-state index contributed by atoms with van der Waals surface area (Å²) >= 11 is 0. The maximum Gasteiger partial charge on any atom is 0.416 e. The third kappa shape index (κ3) is 4.77. The van der Waals surface area contributed by atoms with Crippen molar-refractivity contribution in [1.29, 1.82) is 0 Å². The van der Waals surface area contributed by atoms with Crippen LogP contribution in [0, 0.1) is 24.0 Å². The smallest absolute Gasteiger partial charge is 0.416 e. The summed E-state index contributed by atoms with van der Waals surface area (Å²) in [5.41, 5.74) is -0.222. The fourth-order valence-corrected chi connectivity index (χ4v) is 4.16. The van der Waals surface area contributed by atoms with E-state index in [0.717, 1.165) is 17.5 Å². The number of halogens is 3. The molecule has 1 amide bonds. The first-order valence-corrected chi connectivity index (χ1v) is 11.1. The van der Waals surface area contributed by atoms with Crippen molar-refractivity contribution in [1.82, 2.24) is 19.3 Å². The summed E-state index contributed by atoms with van der Waals surface area (Å²) in [5, 5.41) is 14.3. The van der Waals surface area contributed by atoms with Crippen molar-refractivity contribution < 1.29 is 27.6 Å². The van der Waals surface area contributed by atoms with Crippen LogP contribution in [0.5, 0.6) is 0 Å². The van der Waals surface area contributed by atoms with E-state index >= 15 is 0 Å². The molecule has 0 saturated heterocycles. The van der Waals surface area contributed by atoms with Gasteiger partial charge >= 0.3 is 12.3 Å². The Morgan fingerprint density at radius 3 is 2.53 bits per heavy atom. The highest BCUT2D eigenvalue weighted by molar-refractivity contribution is 5.70. The lowest BCUT2D eigenvalue weighted by Crippen LogP contribution is -2.33. The Morgan fingerprint density at radius 1 is 1.22 bits per heavy atom. The number of nitrogens with one attached hydrogen (secondary N) is 1.